The summed E-state index contributed by atoms with van der Waals surface area (Å²) in [6.45, 7) is 0. The van der Waals surface area contributed by atoms with E-state index in [0.29, 0.717) is 13.7 Å². The number of benzene rings is 2. The SMILES string of the molecule is O=C(Nc1cccc(F)c1I)c1cc(F)ccc1Br. The first kappa shape index (κ1) is 14.4. The number of carbonyl (C=O) groups excluding carboxylic acids is 1. The highest BCUT2D eigenvalue weighted by Gasteiger charge is 2.14. The summed E-state index contributed by atoms with van der Waals surface area (Å²) < 4.78 is 27.3. The largest absolute Gasteiger partial charge is 0.321 e. The molecule has 2 aromatic rings. The van der Waals surface area contributed by atoms with Gasteiger partial charge < -0.3 is 5.32 Å². The van der Waals surface area contributed by atoms with Gasteiger partial charge in [-0.15, -0.1) is 0 Å². The molecule has 0 aliphatic rings. The van der Waals surface area contributed by atoms with Crippen molar-refractivity contribution in [1.82, 2.24) is 0 Å². The van der Waals surface area contributed by atoms with Crippen molar-refractivity contribution >= 4 is 50.1 Å². The highest BCUT2D eigenvalue weighted by Crippen LogP contribution is 2.23. The molecule has 0 heterocycles. The maximum Gasteiger partial charge on any atom is 0.256 e. The van der Waals surface area contributed by atoms with Crippen molar-refractivity contribution in [2.75, 3.05) is 5.32 Å². The van der Waals surface area contributed by atoms with E-state index in [-0.39, 0.29) is 5.56 Å². The first-order valence-corrected chi connectivity index (χ1v) is 7.06. The fourth-order valence-corrected chi connectivity index (χ4v) is 2.38. The Morgan fingerprint density at radius 3 is 2.68 bits per heavy atom. The monoisotopic (exact) mass is 437 g/mol. The van der Waals surface area contributed by atoms with E-state index in [9.17, 15) is 13.6 Å². The van der Waals surface area contributed by atoms with E-state index in [1.807, 2.05) is 0 Å². The van der Waals surface area contributed by atoms with Crippen molar-refractivity contribution in [3.8, 4) is 0 Å². The fraction of sp³-hybridized carbons (Fsp3) is 0. The van der Waals surface area contributed by atoms with Gasteiger partial charge in [0, 0.05) is 4.47 Å². The molecule has 0 saturated carbocycles. The first-order chi connectivity index (χ1) is 8.99. The number of rotatable bonds is 2. The van der Waals surface area contributed by atoms with Crippen LogP contribution < -0.4 is 5.32 Å². The summed E-state index contributed by atoms with van der Waals surface area (Å²) in [5, 5.41) is 2.55. The lowest BCUT2D eigenvalue weighted by Gasteiger charge is -2.09. The molecule has 0 bridgehead atoms. The van der Waals surface area contributed by atoms with Crippen LogP contribution in [-0.2, 0) is 0 Å². The van der Waals surface area contributed by atoms with Gasteiger partial charge in [0.05, 0.1) is 14.8 Å². The van der Waals surface area contributed by atoms with E-state index in [1.165, 1.54) is 24.3 Å². The van der Waals surface area contributed by atoms with E-state index >= 15 is 0 Å². The molecule has 0 aromatic heterocycles. The van der Waals surface area contributed by atoms with Gasteiger partial charge in [-0.2, -0.15) is 0 Å². The van der Waals surface area contributed by atoms with Crippen LogP contribution in [0.2, 0.25) is 0 Å². The van der Waals surface area contributed by atoms with Crippen LogP contribution in [0.25, 0.3) is 0 Å². The molecule has 0 fully saturated rings. The Balaban J connectivity index is 2.31. The quantitative estimate of drug-likeness (QED) is 0.684. The van der Waals surface area contributed by atoms with Gasteiger partial charge >= 0.3 is 0 Å². The van der Waals surface area contributed by atoms with Crippen LogP contribution in [0.15, 0.2) is 40.9 Å². The van der Waals surface area contributed by atoms with E-state index in [4.69, 9.17) is 0 Å². The Kier molecular flexibility index (Phi) is 4.51. The molecule has 0 unspecified atom stereocenters. The second-order valence-electron chi connectivity index (χ2n) is 3.68. The van der Waals surface area contributed by atoms with Crippen LogP contribution >= 0.6 is 38.5 Å². The minimum atomic E-state index is -0.512. The number of hydrogen-bond donors (Lipinski definition) is 1. The number of hydrogen-bond acceptors (Lipinski definition) is 1. The highest BCUT2D eigenvalue weighted by atomic mass is 127. The predicted molar refractivity (Wildman–Crippen MR) is 81.2 cm³/mol. The maximum atomic E-state index is 13.3. The van der Waals surface area contributed by atoms with Gasteiger partial charge in [-0.3, -0.25) is 4.79 Å². The van der Waals surface area contributed by atoms with Crippen molar-refractivity contribution in [1.29, 1.82) is 0 Å². The summed E-state index contributed by atoms with van der Waals surface area (Å²) in [4.78, 5) is 12.0. The van der Waals surface area contributed by atoms with E-state index in [1.54, 1.807) is 28.7 Å². The number of nitrogens with one attached hydrogen (secondary N) is 1. The standard InChI is InChI=1S/C13H7BrF2INO/c14-9-5-4-7(15)6-8(9)13(19)18-11-3-1-2-10(16)12(11)17/h1-6H,(H,18,19). The van der Waals surface area contributed by atoms with Gasteiger partial charge in [-0.1, -0.05) is 6.07 Å². The molecule has 0 aliphatic carbocycles. The van der Waals surface area contributed by atoms with E-state index in [0.717, 1.165) is 6.07 Å². The Morgan fingerprint density at radius 1 is 1.21 bits per heavy atom. The fourth-order valence-electron chi connectivity index (χ4n) is 1.46. The summed E-state index contributed by atoms with van der Waals surface area (Å²) in [5.74, 6) is -1.44. The Morgan fingerprint density at radius 2 is 1.95 bits per heavy atom. The molecular formula is C13H7BrF2INO. The van der Waals surface area contributed by atoms with Gasteiger partial charge in [0.1, 0.15) is 11.6 Å². The van der Waals surface area contributed by atoms with Crippen molar-refractivity contribution in [3.05, 3.63) is 61.6 Å². The number of halogens is 4. The third kappa shape index (κ3) is 3.30. The third-order valence-corrected chi connectivity index (χ3v) is 4.16. The van der Waals surface area contributed by atoms with Crippen LogP contribution in [0.4, 0.5) is 14.5 Å². The molecule has 1 N–H and O–H groups in total. The molecule has 0 atom stereocenters. The molecule has 1 amide bonds. The smallest absolute Gasteiger partial charge is 0.256 e. The van der Waals surface area contributed by atoms with E-state index < -0.39 is 17.5 Å². The predicted octanol–water partition coefficient (Wildman–Crippen LogP) is 4.58. The molecule has 0 radical (unpaired) electrons. The molecule has 2 aromatic carbocycles. The average molecular weight is 438 g/mol. The molecule has 0 saturated heterocycles. The van der Waals surface area contributed by atoms with Crippen molar-refractivity contribution in [2.24, 2.45) is 0 Å². The minimum Gasteiger partial charge on any atom is -0.321 e. The van der Waals surface area contributed by atoms with Gasteiger partial charge in [0.15, 0.2) is 0 Å². The number of carbonyl (C=O) groups is 1. The molecule has 0 aliphatic heterocycles. The van der Waals surface area contributed by atoms with Crippen LogP contribution in [0.5, 0.6) is 0 Å². The molecule has 6 heteroatoms. The van der Waals surface area contributed by atoms with Crippen LogP contribution in [-0.4, -0.2) is 5.91 Å². The normalized spacial score (nSPS) is 10.3. The summed E-state index contributed by atoms with van der Waals surface area (Å²) in [6, 6.07) is 8.18. The second kappa shape index (κ2) is 5.96. The highest BCUT2D eigenvalue weighted by molar-refractivity contribution is 14.1. The Labute approximate surface area is 130 Å². The van der Waals surface area contributed by atoms with Gasteiger partial charge in [-0.05, 0) is 68.9 Å². The lowest BCUT2D eigenvalue weighted by molar-refractivity contribution is 0.102. The van der Waals surface area contributed by atoms with Crippen molar-refractivity contribution < 1.29 is 13.6 Å². The topological polar surface area (TPSA) is 29.1 Å². The molecule has 19 heavy (non-hydrogen) atoms. The lowest BCUT2D eigenvalue weighted by Crippen LogP contribution is -2.14. The summed E-state index contributed by atoms with van der Waals surface area (Å²) in [7, 11) is 0. The zero-order valence-electron chi connectivity index (χ0n) is 9.38. The van der Waals surface area contributed by atoms with Crippen molar-refractivity contribution in [2.45, 2.75) is 0 Å². The summed E-state index contributed by atoms with van der Waals surface area (Å²) in [6.07, 6.45) is 0. The van der Waals surface area contributed by atoms with Crippen molar-refractivity contribution in [3.63, 3.8) is 0 Å². The van der Waals surface area contributed by atoms with E-state index in [2.05, 4.69) is 21.2 Å². The summed E-state index contributed by atoms with van der Waals surface area (Å²) in [5.41, 5.74) is 0.502. The zero-order valence-corrected chi connectivity index (χ0v) is 13.1. The summed E-state index contributed by atoms with van der Waals surface area (Å²) >= 11 is 4.97. The Bertz CT molecular complexity index is 649. The van der Waals surface area contributed by atoms with Gasteiger partial charge in [-0.25, -0.2) is 8.78 Å². The second-order valence-corrected chi connectivity index (χ2v) is 5.61. The van der Waals surface area contributed by atoms with Gasteiger partial charge in [0.2, 0.25) is 0 Å². The van der Waals surface area contributed by atoms with Crippen LogP contribution in [0.3, 0.4) is 0 Å². The molecule has 2 rings (SSSR count). The Hall–Kier alpha value is -1.02. The van der Waals surface area contributed by atoms with Crippen LogP contribution in [0, 0.1) is 15.2 Å². The maximum absolute atomic E-state index is 13.3. The zero-order chi connectivity index (χ0) is 14.0. The van der Waals surface area contributed by atoms with Crippen LogP contribution in [0.1, 0.15) is 10.4 Å². The number of amides is 1. The number of anilines is 1. The molecule has 2 nitrogen and oxygen atoms in total. The first-order valence-electron chi connectivity index (χ1n) is 5.19. The average Bonchev–Trinajstić information content (AvgIpc) is 2.38. The lowest BCUT2D eigenvalue weighted by atomic mass is 10.2. The third-order valence-electron chi connectivity index (χ3n) is 2.37. The molecule has 98 valence electrons. The molecule has 0 spiro atoms. The van der Waals surface area contributed by atoms with Gasteiger partial charge in [0.25, 0.3) is 5.91 Å². The minimum absolute atomic E-state index is 0.153. The molecular weight excluding hydrogens is 431 g/mol.